The zero-order chi connectivity index (χ0) is 17.1. The highest BCUT2D eigenvalue weighted by atomic mass is 16.3. The molecule has 1 fully saturated rings. The Bertz CT molecular complexity index is 807. The van der Waals surface area contributed by atoms with E-state index in [4.69, 9.17) is 9.40 Å². The highest BCUT2D eigenvalue weighted by Gasteiger charge is 2.25. The van der Waals surface area contributed by atoms with Gasteiger partial charge in [0.15, 0.2) is 0 Å². The van der Waals surface area contributed by atoms with E-state index in [1.54, 1.807) is 6.26 Å². The Morgan fingerprint density at radius 2 is 2.24 bits per heavy atom. The van der Waals surface area contributed by atoms with E-state index in [2.05, 4.69) is 21.3 Å². The molecule has 4 rings (SSSR count). The molecule has 1 saturated heterocycles. The van der Waals surface area contributed by atoms with Crippen LogP contribution in [0.5, 0.6) is 0 Å². The molecule has 1 amide bonds. The Balaban J connectivity index is 1.34. The van der Waals surface area contributed by atoms with Crippen molar-refractivity contribution < 1.29 is 9.21 Å². The highest BCUT2D eigenvalue weighted by molar-refractivity contribution is 5.78. The summed E-state index contributed by atoms with van der Waals surface area (Å²) in [5.74, 6) is 2.18. The average Bonchev–Trinajstić information content (AvgIpc) is 3.29. The molecule has 1 atom stereocenters. The number of carbonyl (C=O) groups is 1. The van der Waals surface area contributed by atoms with Crippen LogP contribution in [0, 0.1) is 0 Å². The van der Waals surface area contributed by atoms with Gasteiger partial charge < -0.3 is 14.7 Å². The summed E-state index contributed by atoms with van der Waals surface area (Å²) >= 11 is 0. The van der Waals surface area contributed by atoms with Gasteiger partial charge in [-0.05, 0) is 43.7 Å². The number of hydrogen-bond acceptors (Lipinski definition) is 4. The average molecular weight is 338 g/mol. The van der Waals surface area contributed by atoms with Crippen LogP contribution in [0.1, 0.15) is 30.3 Å². The van der Waals surface area contributed by atoms with Crippen molar-refractivity contribution in [1.82, 2.24) is 20.2 Å². The molecule has 1 aliphatic heterocycles. The summed E-state index contributed by atoms with van der Waals surface area (Å²) < 4.78 is 5.24. The summed E-state index contributed by atoms with van der Waals surface area (Å²) in [4.78, 5) is 22.5. The second-order valence-electron chi connectivity index (χ2n) is 6.57. The molecular formula is C19H22N4O2. The van der Waals surface area contributed by atoms with Crippen LogP contribution in [0.15, 0.2) is 47.1 Å². The maximum Gasteiger partial charge on any atom is 0.234 e. The van der Waals surface area contributed by atoms with Gasteiger partial charge in [0.25, 0.3) is 0 Å². The third-order valence-electron chi connectivity index (χ3n) is 4.71. The minimum atomic E-state index is 0.0293. The maximum atomic E-state index is 12.2. The Labute approximate surface area is 146 Å². The van der Waals surface area contributed by atoms with Crippen molar-refractivity contribution in [2.75, 3.05) is 19.6 Å². The molecular weight excluding hydrogens is 316 g/mol. The Morgan fingerprint density at radius 1 is 1.32 bits per heavy atom. The van der Waals surface area contributed by atoms with Gasteiger partial charge in [-0.25, -0.2) is 4.98 Å². The zero-order valence-electron chi connectivity index (χ0n) is 14.1. The van der Waals surface area contributed by atoms with E-state index in [9.17, 15) is 4.79 Å². The Morgan fingerprint density at radius 3 is 3.08 bits per heavy atom. The second kappa shape index (κ2) is 7.11. The van der Waals surface area contributed by atoms with Crippen molar-refractivity contribution >= 4 is 16.9 Å². The van der Waals surface area contributed by atoms with E-state index >= 15 is 0 Å². The third-order valence-corrected chi connectivity index (χ3v) is 4.71. The summed E-state index contributed by atoms with van der Waals surface area (Å²) in [5.41, 5.74) is 2.08. The second-order valence-corrected chi connectivity index (χ2v) is 6.57. The van der Waals surface area contributed by atoms with Crippen molar-refractivity contribution in [1.29, 1.82) is 0 Å². The minimum absolute atomic E-state index is 0.0293. The molecule has 3 heterocycles. The largest absolute Gasteiger partial charge is 0.467 e. The summed E-state index contributed by atoms with van der Waals surface area (Å²) in [6.45, 7) is 2.66. The third kappa shape index (κ3) is 3.74. The topological polar surface area (TPSA) is 74.2 Å². The first kappa shape index (κ1) is 15.9. The number of nitrogens with zero attached hydrogens (tertiary/aromatic N) is 2. The van der Waals surface area contributed by atoms with E-state index in [1.807, 2.05) is 30.3 Å². The lowest BCUT2D eigenvalue weighted by Gasteiger charge is -2.31. The van der Waals surface area contributed by atoms with Crippen LogP contribution in [-0.4, -0.2) is 40.4 Å². The van der Waals surface area contributed by atoms with Crippen LogP contribution in [0.4, 0.5) is 0 Å². The lowest BCUT2D eigenvalue weighted by molar-refractivity contribution is -0.122. The summed E-state index contributed by atoms with van der Waals surface area (Å²) in [6.07, 6.45) is 3.79. The number of likely N-dealkylation sites (tertiary alicyclic amines) is 1. The predicted octanol–water partition coefficient (Wildman–Crippen LogP) is 2.65. The number of para-hydroxylation sites is 2. The summed E-state index contributed by atoms with van der Waals surface area (Å²) in [6, 6.07) is 11.8. The van der Waals surface area contributed by atoms with Crippen LogP contribution in [0.2, 0.25) is 0 Å². The number of carbonyl (C=O) groups excluding carboxylic acids is 1. The zero-order valence-corrected chi connectivity index (χ0v) is 14.1. The lowest BCUT2D eigenvalue weighted by Crippen LogP contribution is -2.42. The SMILES string of the molecule is O=C(CN1CCCC(c2nc3ccccc3[nH]2)C1)NCc1ccco1. The number of benzene rings is 1. The number of furan rings is 1. The van der Waals surface area contributed by atoms with Crippen LogP contribution < -0.4 is 5.32 Å². The molecule has 0 bridgehead atoms. The number of aromatic nitrogens is 2. The predicted molar refractivity (Wildman–Crippen MR) is 95.1 cm³/mol. The molecule has 2 aromatic heterocycles. The number of aromatic amines is 1. The van der Waals surface area contributed by atoms with Crippen LogP contribution in [-0.2, 0) is 11.3 Å². The minimum Gasteiger partial charge on any atom is -0.467 e. The fourth-order valence-corrected chi connectivity index (χ4v) is 3.45. The number of amides is 1. The van der Waals surface area contributed by atoms with E-state index in [0.717, 1.165) is 48.5 Å². The molecule has 0 saturated carbocycles. The molecule has 3 aromatic rings. The molecule has 130 valence electrons. The number of imidazole rings is 1. The van der Waals surface area contributed by atoms with Crippen molar-refractivity contribution in [2.45, 2.75) is 25.3 Å². The number of hydrogen-bond donors (Lipinski definition) is 2. The molecule has 25 heavy (non-hydrogen) atoms. The number of piperidine rings is 1. The smallest absolute Gasteiger partial charge is 0.234 e. The molecule has 0 aliphatic carbocycles. The molecule has 2 N–H and O–H groups in total. The van der Waals surface area contributed by atoms with Gasteiger partial charge in [-0.15, -0.1) is 0 Å². The summed E-state index contributed by atoms with van der Waals surface area (Å²) in [7, 11) is 0. The normalized spacial score (nSPS) is 18.5. The molecule has 0 radical (unpaired) electrons. The van der Waals surface area contributed by atoms with Gasteiger partial charge >= 0.3 is 0 Å². The van der Waals surface area contributed by atoms with E-state index in [-0.39, 0.29) is 5.91 Å². The van der Waals surface area contributed by atoms with Crippen molar-refractivity contribution in [3.05, 3.63) is 54.2 Å². The molecule has 1 aromatic carbocycles. The Hall–Kier alpha value is -2.60. The fraction of sp³-hybridized carbons (Fsp3) is 0.368. The molecule has 6 nitrogen and oxygen atoms in total. The quantitative estimate of drug-likeness (QED) is 0.750. The first-order chi connectivity index (χ1) is 12.3. The maximum absolute atomic E-state index is 12.2. The lowest BCUT2D eigenvalue weighted by atomic mass is 9.97. The van der Waals surface area contributed by atoms with Gasteiger partial charge in [-0.2, -0.15) is 0 Å². The monoisotopic (exact) mass is 338 g/mol. The first-order valence-corrected chi connectivity index (χ1v) is 8.74. The van der Waals surface area contributed by atoms with E-state index in [0.29, 0.717) is 19.0 Å². The number of H-pyrrole nitrogens is 1. The van der Waals surface area contributed by atoms with Gasteiger partial charge in [0.1, 0.15) is 11.6 Å². The van der Waals surface area contributed by atoms with E-state index < -0.39 is 0 Å². The van der Waals surface area contributed by atoms with Crippen LogP contribution in [0.25, 0.3) is 11.0 Å². The number of fused-ring (bicyclic) bond motifs is 1. The van der Waals surface area contributed by atoms with Gasteiger partial charge in [0, 0.05) is 12.5 Å². The Kier molecular flexibility index (Phi) is 4.52. The van der Waals surface area contributed by atoms with Crippen molar-refractivity contribution in [3.63, 3.8) is 0 Å². The van der Waals surface area contributed by atoms with Crippen LogP contribution >= 0.6 is 0 Å². The van der Waals surface area contributed by atoms with Gasteiger partial charge in [0.2, 0.25) is 5.91 Å². The number of rotatable bonds is 5. The molecule has 1 aliphatic rings. The van der Waals surface area contributed by atoms with Crippen molar-refractivity contribution in [2.24, 2.45) is 0 Å². The standard InChI is InChI=1S/C19H22N4O2/c24-18(20-11-15-6-4-10-25-15)13-23-9-3-5-14(12-23)19-21-16-7-1-2-8-17(16)22-19/h1-2,4,6-8,10,14H,3,5,9,11-13H2,(H,20,24)(H,21,22). The molecule has 1 unspecified atom stereocenters. The van der Waals surface area contributed by atoms with Gasteiger partial charge in [-0.1, -0.05) is 12.1 Å². The first-order valence-electron chi connectivity index (χ1n) is 8.74. The fourth-order valence-electron chi connectivity index (χ4n) is 3.45. The number of nitrogens with one attached hydrogen (secondary N) is 2. The van der Waals surface area contributed by atoms with Gasteiger partial charge in [0.05, 0.1) is 30.4 Å². The van der Waals surface area contributed by atoms with Crippen LogP contribution in [0.3, 0.4) is 0 Å². The van der Waals surface area contributed by atoms with Gasteiger partial charge in [-0.3, -0.25) is 9.69 Å². The molecule has 6 heteroatoms. The van der Waals surface area contributed by atoms with E-state index in [1.165, 1.54) is 0 Å². The molecule has 0 spiro atoms. The highest BCUT2D eigenvalue weighted by Crippen LogP contribution is 2.26. The van der Waals surface area contributed by atoms with Crippen molar-refractivity contribution in [3.8, 4) is 0 Å². The summed E-state index contributed by atoms with van der Waals surface area (Å²) in [5, 5.41) is 2.91.